The summed E-state index contributed by atoms with van der Waals surface area (Å²) in [7, 11) is -3.74. The van der Waals surface area contributed by atoms with Crippen molar-refractivity contribution in [3.63, 3.8) is 0 Å². The van der Waals surface area contributed by atoms with Gasteiger partial charge in [-0.05, 0) is 24.1 Å². The molecule has 33 heavy (non-hydrogen) atoms. The van der Waals surface area contributed by atoms with Crippen LogP contribution >= 0.6 is 11.8 Å². The Kier molecular flexibility index (Phi) is 9.43. The lowest BCUT2D eigenvalue weighted by molar-refractivity contribution is -0.384. The predicted molar refractivity (Wildman–Crippen MR) is 118 cm³/mol. The first-order valence-electron chi connectivity index (χ1n) is 9.62. The number of thioether (sulfide) groups is 1. The molecule has 1 saturated heterocycles. The van der Waals surface area contributed by atoms with E-state index in [4.69, 9.17) is 14.7 Å². The van der Waals surface area contributed by atoms with Gasteiger partial charge in [-0.1, -0.05) is 0 Å². The Bertz CT molecular complexity index is 985. The second-order valence-electron chi connectivity index (χ2n) is 7.20. The topological polar surface area (TPSA) is 188 Å². The molecule has 3 N–H and O–H groups in total. The Morgan fingerprint density at radius 2 is 1.97 bits per heavy atom. The van der Waals surface area contributed by atoms with Gasteiger partial charge in [0.05, 0.1) is 36.1 Å². The summed E-state index contributed by atoms with van der Waals surface area (Å²) in [6, 6.07) is 5.04. The highest BCUT2D eigenvalue weighted by atomic mass is 32.2. The average Bonchev–Trinajstić information content (AvgIpc) is 3.11. The molecule has 0 bridgehead atoms. The fourth-order valence-electron chi connectivity index (χ4n) is 3.04. The zero-order valence-corrected chi connectivity index (χ0v) is 19.3. The Morgan fingerprint density at radius 1 is 1.30 bits per heavy atom. The normalized spacial score (nSPS) is 18.0. The number of non-ortho nitro benzene ring substituents is 1. The highest BCUT2D eigenvalue weighted by Crippen LogP contribution is 2.26. The number of benzene rings is 1. The van der Waals surface area contributed by atoms with Gasteiger partial charge < -0.3 is 20.7 Å². The molecule has 1 fully saturated rings. The second kappa shape index (κ2) is 11.8. The minimum absolute atomic E-state index is 0.00701. The number of nitrogens with zero attached hydrogens (tertiary/aromatic N) is 2. The maximum atomic E-state index is 12.6. The molecule has 1 heterocycles. The molecule has 0 aliphatic carbocycles. The van der Waals surface area contributed by atoms with Crippen LogP contribution in [0.15, 0.2) is 24.3 Å². The summed E-state index contributed by atoms with van der Waals surface area (Å²) in [5.41, 5.74) is 5.41. The molecule has 3 amide bonds. The van der Waals surface area contributed by atoms with Gasteiger partial charge in [-0.3, -0.25) is 23.9 Å². The van der Waals surface area contributed by atoms with Crippen molar-refractivity contribution in [2.24, 2.45) is 5.73 Å². The van der Waals surface area contributed by atoms with Crippen LogP contribution < -0.4 is 11.1 Å². The molecule has 1 aliphatic heterocycles. The lowest BCUT2D eigenvalue weighted by atomic mass is 10.2. The van der Waals surface area contributed by atoms with E-state index in [-0.39, 0.29) is 37.6 Å². The van der Waals surface area contributed by atoms with Crippen molar-refractivity contribution in [1.29, 1.82) is 0 Å². The molecule has 1 aromatic carbocycles. The number of nitro benzene ring substituents is 1. The molecule has 0 spiro atoms. The predicted octanol–water partition coefficient (Wildman–Crippen LogP) is -0.0148. The molecule has 0 radical (unpaired) electrons. The molecule has 13 nitrogen and oxygen atoms in total. The summed E-state index contributed by atoms with van der Waals surface area (Å²) in [4.78, 5) is 46.6. The second-order valence-corrected chi connectivity index (χ2v) is 9.83. The van der Waals surface area contributed by atoms with E-state index in [1.807, 2.05) is 0 Å². The van der Waals surface area contributed by atoms with Crippen LogP contribution in [0.2, 0.25) is 0 Å². The van der Waals surface area contributed by atoms with E-state index in [1.54, 1.807) is 0 Å². The van der Waals surface area contributed by atoms with Crippen LogP contribution in [0.4, 0.5) is 10.5 Å². The molecule has 2 atom stereocenters. The number of carbonyl (C=O) groups excluding carboxylic acids is 3. The van der Waals surface area contributed by atoms with E-state index in [9.17, 15) is 32.9 Å². The quantitative estimate of drug-likeness (QED) is 0.235. The Hall–Kier alpha value is -2.91. The van der Waals surface area contributed by atoms with E-state index < -0.39 is 45.1 Å². The zero-order valence-electron chi connectivity index (χ0n) is 17.7. The van der Waals surface area contributed by atoms with Crippen LogP contribution in [-0.2, 0) is 35.2 Å². The van der Waals surface area contributed by atoms with Gasteiger partial charge in [-0.25, -0.2) is 4.79 Å². The maximum absolute atomic E-state index is 12.6. The van der Waals surface area contributed by atoms with E-state index in [2.05, 4.69) is 5.32 Å². The molecule has 1 aromatic rings. The standard InChI is InChI=1S/C18H24N4O9S2/c1-33(28,29)31-15-6-14(10-32-11-17(24)20-7-16(19)23)21(8-15)18(25)30-9-12-2-4-13(5-3-12)22(26)27/h2-5,14-15H,6-11H2,1H3,(H2,19,23)(H,20,24). The van der Waals surface area contributed by atoms with Crippen molar-refractivity contribution in [2.45, 2.75) is 25.2 Å². The van der Waals surface area contributed by atoms with Crippen LogP contribution in [0, 0.1) is 10.1 Å². The monoisotopic (exact) mass is 504 g/mol. The molecule has 2 unspecified atom stereocenters. The summed E-state index contributed by atoms with van der Waals surface area (Å²) in [6.45, 7) is -0.445. The van der Waals surface area contributed by atoms with Gasteiger partial charge in [0, 0.05) is 23.9 Å². The highest BCUT2D eigenvalue weighted by Gasteiger charge is 2.38. The molecule has 0 aromatic heterocycles. The minimum Gasteiger partial charge on any atom is -0.445 e. The molecule has 182 valence electrons. The number of nitrogens with one attached hydrogen (secondary N) is 1. The summed E-state index contributed by atoms with van der Waals surface area (Å²) in [5, 5.41) is 13.1. The third kappa shape index (κ3) is 9.23. The average molecular weight is 505 g/mol. The molecular formula is C18H24N4O9S2. The highest BCUT2D eigenvalue weighted by molar-refractivity contribution is 8.00. The number of hydrogen-bond acceptors (Lipinski definition) is 10. The van der Waals surface area contributed by atoms with Gasteiger partial charge in [-0.2, -0.15) is 8.42 Å². The Morgan fingerprint density at radius 3 is 2.55 bits per heavy atom. The lowest BCUT2D eigenvalue weighted by Gasteiger charge is -2.23. The van der Waals surface area contributed by atoms with Gasteiger partial charge in [-0.15, -0.1) is 11.8 Å². The fourth-order valence-corrected chi connectivity index (χ4v) is 4.67. The molecular weight excluding hydrogens is 480 g/mol. The van der Waals surface area contributed by atoms with Crippen LogP contribution in [0.3, 0.4) is 0 Å². The molecule has 1 aliphatic rings. The fraction of sp³-hybridized carbons (Fsp3) is 0.500. The van der Waals surface area contributed by atoms with E-state index in [1.165, 1.54) is 40.9 Å². The number of primary amides is 1. The van der Waals surface area contributed by atoms with Gasteiger partial charge >= 0.3 is 6.09 Å². The van der Waals surface area contributed by atoms with Gasteiger partial charge in [0.2, 0.25) is 11.8 Å². The first-order chi connectivity index (χ1) is 15.4. The van der Waals surface area contributed by atoms with E-state index in [0.717, 1.165) is 6.26 Å². The Labute approximate surface area is 194 Å². The van der Waals surface area contributed by atoms with Crippen molar-refractivity contribution in [3.8, 4) is 0 Å². The van der Waals surface area contributed by atoms with Crippen LogP contribution in [0.5, 0.6) is 0 Å². The largest absolute Gasteiger partial charge is 0.445 e. The SMILES string of the molecule is CS(=O)(=O)OC1CC(CSCC(=O)NCC(N)=O)N(C(=O)OCc2ccc([N+](=O)[O-])cc2)C1. The van der Waals surface area contributed by atoms with Crippen LogP contribution in [0.1, 0.15) is 12.0 Å². The van der Waals surface area contributed by atoms with Gasteiger partial charge in [0.15, 0.2) is 0 Å². The first kappa shape index (κ1) is 26.3. The van der Waals surface area contributed by atoms with Crippen molar-refractivity contribution in [1.82, 2.24) is 10.2 Å². The third-order valence-corrected chi connectivity index (χ3v) is 6.14. The van der Waals surface area contributed by atoms with Crippen molar-refractivity contribution >= 4 is 45.5 Å². The number of ether oxygens (including phenoxy) is 1. The minimum atomic E-state index is -3.74. The first-order valence-corrected chi connectivity index (χ1v) is 12.6. The van der Waals surface area contributed by atoms with Crippen molar-refractivity contribution in [2.75, 3.05) is 30.9 Å². The number of carbonyl (C=O) groups is 3. The van der Waals surface area contributed by atoms with E-state index >= 15 is 0 Å². The molecule has 0 saturated carbocycles. The lowest BCUT2D eigenvalue weighted by Crippen LogP contribution is -2.38. The number of nitrogens with two attached hydrogens (primary N) is 1. The number of hydrogen-bond donors (Lipinski definition) is 2. The summed E-state index contributed by atoms with van der Waals surface area (Å²) >= 11 is 1.19. The summed E-state index contributed by atoms with van der Waals surface area (Å²) < 4.78 is 33.3. The van der Waals surface area contributed by atoms with Crippen molar-refractivity contribution in [3.05, 3.63) is 39.9 Å². The summed E-state index contributed by atoms with van der Waals surface area (Å²) in [6.07, 6.45) is -0.344. The molecule has 15 heteroatoms. The molecule has 2 rings (SSSR count). The number of likely N-dealkylation sites (tertiary alicyclic amines) is 1. The smallest absolute Gasteiger partial charge is 0.410 e. The van der Waals surface area contributed by atoms with Gasteiger partial charge in [0.1, 0.15) is 6.61 Å². The van der Waals surface area contributed by atoms with E-state index in [0.29, 0.717) is 11.3 Å². The third-order valence-electron chi connectivity index (χ3n) is 4.43. The number of nitro groups is 1. The van der Waals surface area contributed by atoms with Gasteiger partial charge in [0.25, 0.3) is 15.8 Å². The van der Waals surface area contributed by atoms with Crippen molar-refractivity contribution < 1.29 is 36.6 Å². The number of amides is 3. The summed E-state index contributed by atoms with van der Waals surface area (Å²) in [5.74, 6) is -0.785. The maximum Gasteiger partial charge on any atom is 0.410 e. The van der Waals surface area contributed by atoms with Crippen LogP contribution in [0.25, 0.3) is 0 Å². The van der Waals surface area contributed by atoms with Crippen LogP contribution in [-0.4, -0.2) is 79.1 Å². The number of rotatable bonds is 11. The Balaban J connectivity index is 1.95. The zero-order chi connectivity index (χ0) is 24.6.